The molecule has 8 aromatic carbocycles. The fourth-order valence-electron chi connectivity index (χ4n) is 7.70. The van der Waals surface area contributed by atoms with Crippen molar-refractivity contribution in [2.24, 2.45) is 0 Å². The summed E-state index contributed by atoms with van der Waals surface area (Å²) in [5, 5.41) is 0. The molecule has 2 heteroatoms. The van der Waals surface area contributed by atoms with Crippen LogP contribution in [0, 0.1) is 0 Å². The van der Waals surface area contributed by atoms with Gasteiger partial charge >= 0.3 is 0 Å². The summed E-state index contributed by atoms with van der Waals surface area (Å²) in [6, 6.07) is 75.7. The van der Waals surface area contributed by atoms with Gasteiger partial charge in [0.25, 0.3) is 0 Å². The Morgan fingerprint density at radius 1 is 0.407 bits per heavy atom. The molecule has 8 aromatic rings. The number of allylic oxidation sites excluding steroid dienone is 4. The molecule has 0 N–H and O–H groups in total. The maximum absolute atomic E-state index is 4.52. The van der Waals surface area contributed by atoms with Crippen molar-refractivity contribution in [1.82, 2.24) is 0 Å². The van der Waals surface area contributed by atoms with Crippen molar-refractivity contribution in [3.8, 4) is 33.4 Å². The number of benzene rings is 8. The highest BCUT2D eigenvalue weighted by molar-refractivity contribution is 5.84. The molecule has 0 atom stereocenters. The van der Waals surface area contributed by atoms with E-state index in [9.17, 15) is 0 Å². The molecule has 0 radical (unpaired) electrons. The lowest BCUT2D eigenvalue weighted by atomic mass is 9.97. The second-order valence-corrected chi connectivity index (χ2v) is 14.3. The van der Waals surface area contributed by atoms with E-state index in [-0.39, 0.29) is 0 Å². The minimum absolute atomic E-state index is 0.805. The largest absolute Gasteiger partial charge is 0.311 e. The highest BCUT2D eigenvalue weighted by atomic mass is 15.1. The lowest BCUT2D eigenvalue weighted by Gasteiger charge is -2.27. The zero-order valence-electron chi connectivity index (χ0n) is 33.7. The molecule has 0 amide bonds. The molecule has 2 nitrogen and oxygen atoms in total. The van der Waals surface area contributed by atoms with Gasteiger partial charge in [-0.05, 0) is 123 Å². The van der Waals surface area contributed by atoms with Crippen LogP contribution < -0.4 is 9.80 Å². The van der Waals surface area contributed by atoms with Crippen LogP contribution in [-0.4, -0.2) is 0 Å². The van der Waals surface area contributed by atoms with Gasteiger partial charge in [-0.15, -0.1) is 0 Å². The summed E-state index contributed by atoms with van der Waals surface area (Å²) in [5.41, 5.74) is 17.2. The van der Waals surface area contributed by atoms with E-state index in [0.717, 1.165) is 46.1 Å². The van der Waals surface area contributed by atoms with Crippen LogP contribution >= 0.6 is 0 Å². The minimum Gasteiger partial charge on any atom is -0.311 e. The van der Waals surface area contributed by atoms with Crippen molar-refractivity contribution >= 4 is 34.0 Å². The maximum Gasteiger partial charge on any atom is 0.0496 e. The second kappa shape index (κ2) is 18.2. The third kappa shape index (κ3) is 8.63. The van der Waals surface area contributed by atoms with E-state index >= 15 is 0 Å². The SMILES string of the molecule is C=C1/C=C\C(c2cccc(-c3ccc(N(c4ccc(-c5ccccc5)cc4)c4ccc(-c5ccccc5)cc4)cc3)c2)=C/Cc2ccccc2N1c1ccccc1.CC. The Hall–Kier alpha value is -7.42. The molecule has 9 rings (SSSR count). The van der Waals surface area contributed by atoms with Crippen molar-refractivity contribution in [1.29, 1.82) is 0 Å². The van der Waals surface area contributed by atoms with Gasteiger partial charge in [0.15, 0.2) is 0 Å². The molecule has 0 saturated carbocycles. The van der Waals surface area contributed by atoms with Crippen LogP contribution in [0.3, 0.4) is 0 Å². The lowest BCUT2D eigenvalue weighted by molar-refractivity contribution is 1.17. The zero-order chi connectivity index (χ0) is 40.4. The summed E-state index contributed by atoms with van der Waals surface area (Å²) in [4.78, 5) is 4.58. The Bertz CT molecular complexity index is 2590. The van der Waals surface area contributed by atoms with Crippen LogP contribution in [0.2, 0.25) is 0 Å². The van der Waals surface area contributed by atoms with Crippen molar-refractivity contribution in [3.05, 3.63) is 254 Å². The smallest absolute Gasteiger partial charge is 0.0496 e. The second-order valence-electron chi connectivity index (χ2n) is 14.3. The number of hydrogen-bond acceptors (Lipinski definition) is 2. The van der Waals surface area contributed by atoms with Crippen LogP contribution in [0.5, 0.6) is 0 Å². The Morgan fingerprint density at radius 3 is 1.37 bits per heavy atom. The van der Waals surface area contributed by atoms with Crippen molar-refractivity contribution in [2.75, 3.05) is 9.80 Å². The molecule has 0 saturated heterocycles. The van der Waals surface area contributed by atoms with Gasteiger partial charge in [0, 0.05) is 34.1 Å². The number of hydrogen-bond donors (Lipinski definition) is 0. The van der Waals surface area contributed by atoms with Gasteiger partial charge in [0.1, 0.15) is 0 Å². The number of fused-ring (bicyclic) bond motifs is 1. The first-order valence-electron chi connectivity index (χ1n) is 20.5. The van der Waals surface area contributed by atoms with Crippen LogP contribution in [0.4, 0.5) is 28.4 Å². The number of anilines is 5. The predicted molar refractivity (Wildman–Crippen MR) is 254 cm³/mol. The molecule has 0 aliphatic carbocycles. The fourth-order valence-corrected chi connectivity index (χ4v) is 7.70. The van der Waals surface area contributed by atoms with Crippen molar-refractivity contribution in [3.63, 3.8) is 0 Å². The quantitative estimate of drug-likeness (QED) is 0.152. The summed E-state index contributed by atoms with van der Waals surface area (Å²) >= 11 is 0. The van der Waals surface area contributed by atoms with Gasteiger partial charge in [0.05, 0.1) is 0 Å². The molecule has 0 fully saturated rings. The van der Waals surface area contributed by atoms with Crippen LogP contribution in [0.1, 0.15) is 25.0 Å². The van der Waals surface area contributed by atoms with E-state index in [2.05, 4.69) is 247 Å². The Kier molecular flexibility index (Phi) is 11.9. The summed E-state index contributed by atoms with van der Waals surface area (Å²) < 4.78 is 0. The van der Waals surface area contributed by atoms with Gasteiger partial charge in [0.2, 0.25) is 0 Å². The van der Waals surface area contributed by atoms with Crippen LogP contribution in [0.15, 0.2) is 243 Å². The minimum atomic E-state index is 0.805. The van der Waals surface area contributed by atoms with E-state index in [1.54, 1.807) is 0 Å². The van der Waals surface area contributed by atoms with Crippen molar-refractivity contribution in [2.45, 2.75) is 20.3 Å². The topological polar surface area (TPSA) is 6.48 Å². The summed E-state index contributed by atoms with van der Waals surface area (Å²) in [7, 11) is 0. The average Bonchev–Trinajstić information content (AvgIpc) is 3.39. The van der Waals surface area contributed by atoms with Gasteiger partial charge in [-0.2, -0.15) is 0 Å². The van der Waals surface area contributed by atoms with Crippen LogP contribution in [0.25, 0.3) is 39.0 Å². The molecular formula is C57H48N2. The highest BCUT2D eigenvalue weighted by Crippen LogP contribution is 2.39. The normalized spacial score (nSPS) is 13.6. The standard InChI is InChI=1S/C55H42N2.C2H6/c1-41-24-25-46(26-27-48-18-11-12-23-55(48)56(41)51-21-9-4-10-22-51)49-19-13-20-50(40-49)47-32-38-54(39-33-47)57(52-34-28-44(29-35-52)42-14-5-2-6-15-42)53-36-30-45(31-37-53)43-16-7-3-8-17-43;1-2/h2-26,28-40H,1,27H2;1-2H3/b25-24-,46-26+;. The molecule has 1 aliphatic heterocycles. The Labute approximate surface area is 350 Å². The van der Waals surface area contributed by atoms with E-state index in [1.165, 1.54) is 44.5 Å². The number of para-hydroxylation sites is 2. The molecule has 0 unspecified atom stereocenters. The molecule has 0 spiro atoms. The zero-order valence-corrected chi connectivity index (χ0v) is 33.7. The Balaban J connectivity index is 0.00000238. The van der Waals surface area contributed by atoms with E-state index in [0.29, 0.717) is 0 Å². The van der Waals surface area contributed by atoms with Gasteiger partial charge in [-0.1, -0.05) is 184 Å². The lowest BCUT2D eigenvalue weighted by Crippen LogP contribution is -2.15. The summed E-state index contributed by atoms with van der Waals surface area (Å²) in [6.07, 6.45) is 7.48. The first-order valence-corrected chi connectivity index (χ1v) is 20.5. The highest BCUT2D eigenvalue weighted by Gasteiger charge is 2.17. The van der Waals surface area contributed by atoms with Gasteiger partial charge < -0.3 is 9.80 Å². The molecular weight excluding hydrogens is 713 g/mol. The summed E-state index contributed by atoms with van der Waals surface area (Å²) in [6.45, 7) is 8.52. The molecule has 0 bridgehead atoms. The fraction of sp³-hybridized carbons (Fsp3) is 0.0526. The molecule has 286 valence electrons. The van der Waals surface area contributed by atoms with E-state index in [1.807, 2.05) is 13.8 Å². The number of rotatable bonds is 8. The van der Waals surface area contributed by atoms with Gasteiger partial charge in [-0.25, -0.2) is 0 Å². The summed E-state index contributed by atoms with van der Waals surface area (Å²) in [5.74, 6) is 0. The molecule has 59 heavy (non-hydrogen) atoms. The third-order valence-corrected chi connectivity index (χ3v) is 10.7. The number of nitrogens with zero attached hydrogens (tertiary/aromatic N) is 2. The van der Waals surface area contributed by atoms with Crippen molar-refractivity contribution < 1.29 is 0 Å². The van der Waals surface area contributed by atoms with E-state index in [4.69, 9.17) is 0 Å². The maximum atomic E-state index is 4.52. The predicted octanol–water partition coefficient (Wildman–Crippen LogP) is 16.0. The first-order chi connectivity index (χ1) is 29.2. The molecule has 1 heterocycles. The first kappa shape index (κ1) is 38.5. The Morgan fingerprint density at radius 2 is 0.831 bits per heavy atom. The van der Waals surface area contributed by atoms with Crippen LogP contribution in [-0.2, 0) is 6.42 Å². The third-order valence-electron chi connectivity index (χ3n) is 10.7. The van der Waals surface area contributed by atoms with Gasteiger partial charge in [-0.3, -0.25) is 0 Å². The molecule has 1 aliphatic rings. The molecule has 0 aromatic heterocycles. The monoisotopic (exact) mass is 760 g/mol. The van der Waals surface area contributed by atoms with E-state index < -0.39 is 0 Å². The average molecular weight is 761 g/mol.